The molecule has 0 spiro atoms. The SMILES string of the molecule is Cn1cc([C@H]2C[C@@H]2C(=O)OCC(=O)NC2CCCCC2)cn1. The van der Waals surface area contributed by atoms with Gasteiger partial charge in [-0.05, 0) is 24.8 Å². The van der Waals surface area contributed by atoms with Crippen LogP contribution >= 0.6 is 0 Å². The number of carbonyl (C=O) groups excluding carboxylic acids is 2. The lowest BCUT2D eigenvalue weighted by Crippen LogP contribution is -2.38. The van der Waals surface area contributed by atoms with Crippen LogP contribution in [0.25, 0.3) is 0 Å². The van der Waals surface area contributed by atoms with E-state index in [-0.39, 0.29) is 36.4 Å². The van der Waals surface area contributed by atoms with Crippen LogP contribution in [-0.2, 0) is 21.4 Å². The first kappa shape index (κ1) is 15.1. The molecule has 6 nitrogen and oxygen atoms in total. The van der Waals surface area contributed by atoms with Gasteiger partial charge in [0.1, 0.15) is 0 Å². The Morgan fingerprint density at radius 1 is 1.36 bits per heavy atom. The fourth-order valence-corrected chi connectivity index (χ4v) is 3.22. The summed E-state index contributed by atoms with van der Waals surface area (Å²) < 4.78 is 6.88. The van der Waals surface area contributed by atoms with E-state index < -0.39 is 0 Å². The molecular weight excluding hydrogens is 282 g/mol. The topological polar surface area (TPSA) is 73.2 Å². The van der Waals surface area contributed by atoms with Gasteiger partial charge in [-0.1, -0.05) is 19.3 Å². The summed E-state index contributed by atoms with van der Waals surface area (Å²) >= 11 is 0. The second-order valence-electron chi connectivity index (χ2n) is 6.41. The molecule has 2 aliphatic carbocycles. The number of carbonyl (C=O) groups is 2. The maximum Gasteiger partial charge on any atom is 0.310 e. The van der Waals surface area contributed by atoms with Crippen LogP contribution in [0.1, 0.15) is 50.0 Å². The summed E-state index contributed by atoms with van der Waals surface area (Å²) in [7, 11) is 1.86. The lowest BCUT2D eigenvalue weighted by Gasteiger charge is -2.22. The second kappa shape index (κ2) is 6.50. The molecule has 1 amide bonds. The second-order valence-corrected chi connectivity index (χ2v) is 6.41. The van der Waals surface area contributed by atoms with Gasteiger partial charge in [0.2, 0.25) is 0 Å². The maximum absolute atomic E-state index is 12.0. The fraction of sp³-hybridized carbons (Fsp3) is 0.688. The summed E-state index contributed by atoms with van der Waals surface area (Å²) in [4.78, 5) is 23.8. The molecule has 1 heterocycles. The highest BCUT2D eigenvalue weighted by Crippen LogP contribution is 2.47. The van der Waals surface area contributed by atoms with Crippen molar-refractivity contribution < 1.29 is 14.3 Å². The van der Waals surface area contributed by atoms with Crippen molar-refractivity contribution in [3.05, 3.63) is 18.0 Å². The first-order valence-corrected chi connectivity index (χ1v) is 8.08. The summed E-state index contributed by atoms with van der Waals surface area (Å²) in [6, 6.07) is 0.254. The van der Waals surface area contributed by atoms with Crippen LogP contribution in [0.15, 0.2) is 12.4 Å². The predicted molar refractivity (Wildman–Crippen MR) is 80.0 cm³/mol. The molecule has 0 bridgehead atoms. The lowest BCUT2D eigenvalue weighted by molar-refractivity contribution is -0.150. The van der Waals surface area contributed by atoms with E-state index in [2.05, 4.69) is 10.4 Å². The van der Waals surface area contributed by atoms with E-state index in [1.165, 1.54) is 19.3 Å². The third-order valence-corrected chi connectivity index (χ3v) is 4.56. The molecule has 120 valence electrons. The minimum atomic E-state index is -0.271. The van der Waals surface area contributed by atoms with E-state index >= 15 is 0 Å². The van der Waals surface area contributed by atoms with Gasteiger partial charge in [-0.2, -0.15) is 5.10 Å². The lowest BCUT2D eigenvalue weighted by atomic mass is 9.95. The minimum absolute atomic E-state index is 0.119. The number of aromatic nitrogens is 2. The largest absolute Gasteiger partial charge is 0.455 e. The zero-order valence-corrected chi connectivity index (χ0v) is 13.0. The Morgan fingerprint density at radius 3 is 2.82 bits per heavy atom. The molecule has 1 aromatic rings. The van der Waals surface area contributed by atoms with E-state index in [0.717, 1.165) is 24.8 Å². The number of ether oxygens (including phenoxy) is 1. The molecule has 3 rings (SSSR count). The molecule has 2 saturated carbocycles. The maximum atomic E-state index is 12.0. The van der Waals surface area contributed by atoms with E-state index in [0.29, 0.717) is 0 Å². The van der Waals surface area contributed by atoms with Crippen LogP contribution in [0, 0.1) is 5.92 Å². The molecule has 2 aliphatic rings. The van der Waals surface area contributed by atoms with E-state index in [1.807, 2.05) is 13.2 Å². The standard InChI is InChI=1S/C16H23N3O3/c1-19-9-11(8-17-19)13-7-14(13)16(21)22-10-15(20)18-12-5-3-2-4-6-12/h8-9,12-14H,2-7,10H2,1H3,(H,18,20)/t13-,14+/m1/s1. The third-order valence-electron chi connectivity index (χ3n) is 4.56. The van der Waals surface area contributed by atoms with Crippen molar-refractivity contribution in [3.63, 3.8) is 0 Å². The number of hydrogen-bond donors (Lipinski definition) is 1. The number of hydrogen-bond acceptors (Lipinski definition) is 4. The molecule has 0 aliphatic heterocycles. The normalized spacial score (nSPS) is 24.8. The Morgan fingerprint density at radius 2 is 2.14 bits per heavy atom. The zero-order chi connectivity index (χ0) is 15.5. The first-order valence-electron chi connectivity index (χ1n) is 8.08. The Kier molecular flexibility index (Phi) is 4.45. The van der Waals surface area contributed by atoms with Crippen molar-refractivity contribution in [1.29, 1.82) is 0 Å². The summed E-state index contributed by atoms with van der Waals surface area (Å²) in [6.07, 6.45) is 10.1. The predicted octanol–water partition coefficient (Wildman–Crippen LogP) is 1.52. The van der Waals surface area contributed by atoms with E-state index in [9.17, 15) is 9.59 Å². The molecule has 1 N–H and O–H groups in total. The molecule has 0 unspecified atom stereocenters. The van der Waals surface area contributed by atoms with Crippen LogP contribution in [0.3, 0.4) is 0 Å². The minimum Gasteiger partial charge on any atom is -0.455 e. The van der Waals surface area contributed by atoms with Gasteiger partial charge >= 0.3 is 5.97 Å². The van der Waals surface area contributed by atoms with Crippen molar-refractivity contribution >= 4 is 11.9 Å². The van der Waals surface area contributed by atoms with Crippen molar-refractivity contribution in [2.45, 2.75) is 50.5 Å². The van der Waals surface area contributed by atoms with Crippen molar-refractivity contribution in [3.8, 4) is 0 Å². The Balaban J connectivity index is 1.38. The highest BCUT2D eigenvalue weighted by atomic mass is 16.5. The van der Waals surface area contributed by atoms with Gasteiger partial charge in [-0.3, -0.25) is 14.3 Å². The summed E-state index contributed by atoms with van der Waals surface area (Å²) in [5, 5.41) is 7.06. The molecule has 0 aromatic carbocycles. The summed E-state index contributed by atoms with van der Waals surface area (Å²) in [6.45, 7) is -0.161. The Bertz CT molecular complexity index is 549. The van der Waals surface area contributed by atoms with Crippen LogP contribution in [0.4, 0.5) is 0 Å². The molecule has 0 radical (unpaired) electrons. The monoisotopic (exact) mass is 305 g/mol. The smallest absolute Gasteiger partial charge is 0.310 e. The molecule has 6 heteroatoms. The molecular formula is C16H23N3O3. The fourth-order valence-electron chi connectivity index (χ4n) is 3.22. The van der Waals surface area contributed by atoms with Crippen LogP contribution in [0.5, 0.6) is 0 Å². The highest BCUT2D eigenvalue weighted by Gasteiger charge is 2.46. The Labute approximate surface area is 130 Å². The summed E-state index contributed by atoms with van der Waals surface area (Å²) in [5.41, 5.74) is 1.07. The number of nitrogens with zero attached hydrogens (tertiary/aromatic N) is 2. The van der Waals surface area contributed by atoms with Gasteiger partial charge in [0, 0.05) is 25.2 Å². The van der Waals surface area contributed by atoms with Gasteiger partial charge in [0.25, 0.3) is 5.91 Å². The molecule has 2 fully saturated rings. The third kappa shape index (κ3) is 3.67. The van der Waals surface area contributed by atoms with Crippen molar-refractivity contribution in [2.75, 3.05) is 6.61 Å². The molecule has 22 heavy (non-hydrogen) atoms. The van der Waals surface area contributed by atoms with E-state index in [4.69, 9.17) is 4.74 Å². The van der Waals surface area contributed by atoms with E-state index in [1.54, 1.807) is 10.9 Å². The highest BCUT2D eigenvalue weighted by molar-refractivity contribution is 5.83. The molecule has 2 atom stereocenters. The number of nitrogens with one attached hydrogen (secondary N) is 1. The number of rotatable bonds is 5. The Hall–Kier alpha value is -1.85. The molecule has 1 aromatic heterocycles. The number of amides is 1. The van der Waals surface area contributed by atoms with Crippen molar-refractivity contribution in [1.82, 2.24) is 15.1 Å². The van der Waals surface area contributed by atoms with Crippen LogP contribution in [-0.4, -0.2) is 34.3 Å². The van der Waals surface area contributed by atoms with Gasteiger partial charge in [0.15, 0.2) is 6.61 Å². The van der Waals surface area contributed by atoms with Gasteiger partial charge in [-0.15, -0.1) is 0 Å². The average Bonchev–Trinajstić information content (AvgIpc) is 3.21. The summed E-state index contributed by atoms with van der Waals surface area (Å²) in [5.74, 6) is -0.374. The van der Waals surface area contributed by atoms with Gasteiger partial charge in [0.05, 0.1) is 12.1 Å². The van der Waals surface area contributed by atoms with Crippen LogP contribution in [0.2, 0.25) is 0 Å². The average molecular weight is 305 g/mol. The first-order chi connectivity index (χ1) is 10.6. The molecule has 0 saturated heterocycles. The van der Waals surface area contributed by atoms with Crippen LogP contribution < -0.4 is 5.32 Å². The zero-order valence-electron chi connectivity index (χ0n) is 13.0. The quantitative estimate of drug-likeness (QED) is 0.837. The van der Waals surface area contributed by atoms with Crippen molar-refractivity contribution in [2.24, 2.45) is 13.0 Å². The van der Waals surface area contributed by atoms with Gasteiger partial charge < -0.3 is 10.1 Å². The number of aryl methyl sites for hydroxylation is 1. The van der Waals surface area contributed by atoms with Gasteiger partial charge in [-0.25, -0.2) is 0 Å². The number of esters is 1.